The third kappa shape index (κ3) is 5.53. The summed E-state index contributed by atoms with van der Waals surface area (Å²) in [6.07, 6.45) is 7.66. The molecule has 0 unspecified atom stereocenters. The summed E-state index contributed by atoms with van der Waals surface area (Å²) in [5.41, 5.74) is 1.66. The summed E-state index contributed by atoms with van der Waals surface area (Å²) >= 11 is 1.60. The Morgan fingerprint density at radius 2 is 1.67 bits per heavy atom. The van der Waals surface area contributed by atoms with E-state index in [-0.39, 0.29) is 11.8 Å². The van der Waals surface area contributed by atoms with E-state index in [2.05, 4.69) is 15.9 Å². The molecule has 0 radical (unpaired) electrons. The van der Waals surface area contributed by atoms with Crippen LogP contribution in [0.15, 0.2) is 29.6 Å². The maximum Gasteiger partial charge on any atom is 0.273 e. The molecule has 0 bridgehead atoms. The number of para-hydroxylation sites is 2. The number of hydrogen-bond donors (Lipinski definition) is 0. The van der Waals surface area contributed by atoms with Crippen molar-refractivity contribution < 1.29 is 14.3 Å². The monoisotopic (exact) mass is 510 g/mol. The lowest BCUT2D eigenvalue weighted by atomic mass is 9.87. The van der Waals surface area contributed by atoms with Gasteiger partial charge in [0.25, 0.3) is 5.91 Å². The van der Waals surface area contributed by atoms with Gasteiger partial charge in [-0.3, -0.25) is 9.59 Å². The molecule has 0 atom stereocenters. The molecule has 0 N–H and O–H groups in total. The normalized spacial score (nSPS) is 20.0. The molecular formula is C28H38N4O3S. The SMILES string of the molecule is CCOc1ccccc1N1CCN(C(=O)c2csc(C3CCN(C(=O)C4CCCCC4)CC3)n2)CC1. The van der Waals surface area contributed by atoms with E-state index in [1.54, 1.807) is 11.3 Å². The number of carbonyl (C=O) groups excluding carboxylic acids is 2. The zero-order chi connectivity index (χ0) is 24.9. The van der Waals surface area contributed by atoms with Crippen molar-refractivity contribution in [2.45, 2.75) is 57.8 Å². The number of aromatic nitrogens is 1. The Balaban J connectivity index is 1.13. The van der Waals surface area contributed by atoms with Gasteiger partial charge in [0, 0.05) is 56.5 Å². The van der Waals surface area contributed by atoms with Crippen LogP contribution in [0.25, 0.3) is 0 Å². The van der Waals surface area contributed by atoms with Crippen molar-refractivity contribution in [2.24, 2.45) is 5.92 Å². The highest BCUT2D eigenvalue weighted by Gasteiger charge is 2.31. The molecule has 36 heavy (non-hydrogen) atoms. The minimum Gasteiger partial charge on any atom is -0.492 e. The van der Waals surface area contributed by atoms with E-state index in [9.17, 15) is 9.59 Å². The molecule has 2 aliphatic heterocycles. The van der Waals surface area contributed by atoms with Crippen molar-refractivity contribution in [3.8, 4) is 5.75 Å². The van der Waals surface area contributed by atoms with E-state index in [0.717, 1.165) is 68.3 Å². The number of amides is 2. The van der Waals surface area contributed by atoms with Crippen molar-refractivity contribution in [3.05, 3.63) is 40.3 Å². The first-order valence-corrected chi connectivity index (χ1v) is 14.5. The van der Waals surface area contributed by atoms with Crippen molar-refractivity contribution in [1.82, 2.24) is 14.8 Å². The largest absolute Gasteiger partial charge is 0.492 e. The second-order valence-corrected chi connectivity index (χ2v) is 11.1. The van der Waals surface area contributed by atoms with Crippen LogP contribution in [0.1, 0.15) is 73.3 Å². The summed E-state index contributed by atoms with van der Waals surface area (Å²) in [4.78, 5) is 37.2. The van der Waals surface area contributed by atoms with Gasteiger partial charge in [-0.2, -0.15) is 0 Å². The van der Waals surface area contributed by atoms with Gasteiger partial charge in [0.15, 0.2) is 0 Å². The molecule has 194 valence electrons. The van der Waals surface area contributed by atoms with E-state index in [1.165, 1.54) is 19.3 Å². The molecule has 1 aromatic carbocycles. The first-order valence-electron chi connectivity index (χ1n) is 13.6. The molecule has 0 spiro atoms. The van der Waals surface area contributed by atoms with Gasteiger partial charge in [-0.25, -0.2) is 4.98 Å². The zero-order valence-electron chi connectivity index (χ0n) is 21.4. The number of thiazole rings is 1. The number of piperazine rings is 1. The average molecular weight is 511 g/mol. The number of anilines is 1. The molecule has 7 nitrogen and oxygen atoms in total. The standard InChI is InChI=1S/C28H38N4O3S/c1-2-35-25-11-7-6-10-24(25)30-16-18-32(19-17-30)28(34)23-20-36-26(29-23)21-12-14-31(15-13-21)27(33)22-8-4-3-5-9-22/h6-7,10-11,20-22H,2-5,8-9,12-19H2,1H3. The van der Waals surface area contributed by atoms with Crippen LogP contribution in [-0.4, -0.2) is 72.5 Å². The summed E-state index contributed by atoms with van der Waals surface area (Å²) < 4.78 is 5.79. The van der Waals surface area contributed by atoms with Crippen LogP contribution in [0, 0.1) is 5.92 Å². The summed E-state index contributed by atoms with van der Waals surface area (Å²) in [5, 5.41) is 2.97. The third-order valence-corrected chi connectivity index (χ3v) is 8.93. The Labute approximate surface area is 218 Å². The van der Waals surface area contributed by atoms with Crippen LogP contribution < -0.4 is 9.64 Å². The Hall–Kier alpha value is -2.61. The Morgan fingerprint density at radius 3 is 2.39 bits per heavy atom. The van der Waals surface area contributed by atoms with Crippen molar-refractivity contribution in [2.75, 3.05) is 50.8 Å². The third-order valence-electron chi connectivity index (χ3n) is 7.92. The van der Waals surface area contributed by atoms with Gasteiger partial charge in [-0.05, 0) is 44.7 Å². The maximum absolute atomic E-state index is 13.2. The molecule has 3 fully saturated rings. The number of benzene rings is 1. The molecular weight excluding hydrogens is 472 g/mol. The Bertz CT molecular complexity index is 1030. The first-order chi connectivity index (χ1) is 17.6. The molecule has 8 heteroatoms. The number of rotatable bonds is 6. The quantitative estimate of drug-likeness (QED) is 0.559. The topological polar surface area (TPSA) is 66.0 Å². The van der Waals surface area contributed by atoms with Crippen LogP contribution in [0.4, 0.5) is 5.69 Å². The van der Waals surface area contributed by atoms with Crippen molar-refractivity contribution in [3.63, 3.8) is 0 Å². The van der Waals surface area contributed by atoms with Gasteiger partial charge in [0.05, 0.1) is 17.3 Å². The molecule has 1 aliphatic carbocycles. The number of nitrogens with zero attached hydrogens (tertiary/aromatic N) is 4. The first kappa shape index (κ1) is 25.1. The summed E-state index contributed by atoms with van der Waals surface area (Å²) in [7, 11) is 0. The van der Waals surface area contributed by atoms with Gasteiger partial charge < -0.3 is 19.4 Å². The van der Waals surface area contributed by atoms with Crippen LogP contribution in [0.3, 0.4) is 0 Å². The highest BCUT2D eigenvalue weighted by atomic mass is 32.1. The molecule has 3 heterocycles. The minimum atomic E-state index is 0.0279. The summed E-state index contributed by atoms with van der Waals surface area (Å²) in [6, 6.07) is 8.11. The lowest BCUT2D eigenvalue weighted by Crippen LogP contribution is -2.49. The number of hydrogen-bond acceptors (Lipinski definition) is 6. The zero-order valence-corrected chi connectivity index (χ0v) is 22.2. The minimum absolute atomic E-state index is 0.0279. The van der Waals surface area contributed by atoms with Gasteiger partial charge in [0.2, 0.25) is 5.91 Å². The Morgan fingerprint density at radius 1 is 0.944 bits per heavy atom. The van der Waals surface area contributed by atoms with E-state index in [0.29, 0.717) is 37.2 Å². The smallest absolute Gasteiger partial charge is 0.273 e. The number of likely N-dealkylation sites (tertiary alicyclic amines) is 1. The summed E-state index contributed by atoms with van der Waals surface area (Å²) in [6.45, 7) is 7.16. The van der Waals surface area contributed by atoms with Crippen LogP contribution >= 0.6 is 11.3 Å². The van der Waals surface area contributed by atoms with Crippen LogP contribution in [0.5, 0.6) is 5.75 Å². The predicted octanol–water partition coefficient (Wildman–Crippen LogP) is 4.79. The number of ether oxygens (including phenoxy) is 1. The lowest BCUT2D eigenvalue weighted by Gasteiger charge is -2.36. The van der Waals surface area contributed by atoms with Crippen LogP contribution in [0.2, 0.25) is 0 Å². The molecule has 5 rings (SSSR count). The highest BCUT2D eigenvalue weighted by molar-refractivity contribution is 7.09. The molecule has 2 amide bonds. The fraction of sp³-hybridized carbons (Fsp3) is 0.607. The fourth-order valence-corrected chi connectivity index (χ4v) is 6.80. The van der Waals surface area contributed by atoms with Crippen LogP contribution in [-0.2, 0) is 4.79 Å². The van der Waals surface area contributed by atoms with E-state index >= 15 is 0 Å². The van der Waals surface area contributed by atoms with Gasteiger partial charge in [-0.15, -0.1) is 11.3 Å². The summed E-state index contributed by atoms with van der Waals surface area (Å²) in [5.74, 6) is 1.88. The Kier molecular flexibility index (Phi) is 8.09. The molecule has 3 aliphatic rings. The van der Waals surface area contributed by atoms with E-state index < -0.39 is 0 Å². The van der Waals surface area contributed by atoms with Crippen molar-refractivity contribution in [1.29, 1.82) is 0 Å². The van der Waals surface area contributed by atoms with Crippen molar-refractivity contribution >= 4 is 28.8 Å². The van der Waals surface area contributed by atoms with E-state index in [4.69, 9.17) is 9.72 Å². The second kappa shape index (κ2) is 11.6. The number of piperidine rings is 1. The molecule has 2 saturated heterocycles. The predicted molar refractivity (Wildman–Crippen MR) is 143 cm³/mol. The van der Waals surface area contributed by atoms with Gasteiger partial charge in [0.1, 0.15) is 11.4 Å². The maximum atomic E-state index is 13.2. The number of carbonyl (C=O) groups is 2. The van der Waals surface area contributed by atoms with Gasteiger partial charge in [-0.1, -0.05) is 31.4 Å². The van der Waals surface area contributed by atoms with Gasteiger partial charge >= 0.3 is 0 Å². The lowest BCUT2D eigenvalue weighted by molar-refractivity contribution is -0.137. The average Bonchev–Trinajstić information content (AvgIpc) is 3.44. The second-order valence-electron chi connectivity index (χ2n) is 10.2. The molecule has 1 aromatic heterocycles. The van der Waals surface area contributed by atoms with E-state index in [1.807, 2.05) is 35.4 Å². The fourth-order valence-electron chi connectivity index (χ4n) is 5.84. The highest BCUT2D eigenvalue weighted by Crippen LogP contribution is 2.33. The molecule has 2 aromatic rings. The molecule has 1 saturated carbocycles.